The van der Waals surface area contributed by atoms with E-state index in [1.54, 1.807) is 24.3 Å². The van der Waals surface area contributed by atoms with Crippen LogP contribution in [0.3, 0.4) is 0 Å². The van der Waals surface area contributed by atoms with Crippen molar-refractivity contribution in [1.82, 2.24) is 4.31 Å². The highest BCUT2D eigenvalue weighted by molar-refractivity contribution is 7.89. The van der Waals surface area contributed by atoms with E-state index in [2.05, 4.69) is 0 Å². The molecule has 6 heteroatoms. The van der Waals surface area contributed by atoms with Gasteiger partial charge in [0.2, 0.25) is 0 Å². The Morgan fingerprint density at radius 2 is 1.86 bits per heavy atom. The highest BCUT2D eigenvalue weighted by atomic mass is 32.2. The molecule has 5 nitrogen and oxygen atoms in total. The molecule has 0 saturated carbocycles. The smallest absolute Gasteiger partial charge is 0.264 e. The lowest BCUT2D eigenvalue weighted by atomic mass is 9.99. The van der Waals surface area contributed by atoms with Crippen molar-refractivity contribution in [3.8, 4) is 0 Å². The summed E-state index contributed by atoms with van der Waals surface area (Å²) >= 11 is 0. The molecule has 2 aliphatic rings. The molecule has 118 valence electrons. The highest BCUT2D eigenvalue weighted by Gasteiger charge is 2.47. The van der Waals surface area contributed by atoms with Gasteiger partial charge >= 0.3 is 0 Å². The third kappa shape index (κ3) is 2.18. The average Bonchev–Trinajstić information content (AvgIpc) is 2.98. The normalized spacial score (nSPS) is 25.0. The number of carbonyl (C=O) groups is 1. The molecule has 1 aliphatic carbocycles. The van der Waals surface area contributed by atoms with E-state index in [-0.39, 0.29) is 28.9 Å². The molecule has 0 aromatic heterocycles. The fourth-order valence-electron chi connectivity index (χ4n) is 3.27. The first-order valence-corrected chi connectivity index (χ1v) is 8.78. The molecule has 2 atom stereocenters. The van der Waals surface area contributed by atoms with Crippen molar-refractivity contribution in [1.29, 1.82) is 0 Å². The summed E-state index contributed by atoms with van der Waals surface area (Å²) in [6.45, 7) is 3.51. The predicted molar refractivity (Wildman–Crippen MR) is 81.5 cm³/mol. The van der Waals surface area contributed by atoms with E-state index in [1.165, 1.54) is 0 Å². The maximum absolute atomic E-state index is 12.9. The third-order valence-corrected chi connectivity index (χ3v) is 6.32. The summed E-state index contributed by atoms with van der Waals surface area (Å²) in [6, 6.07) is 5.96. The Hall–Kier alpha value is -1.66. The standard InChI is InChI=1S/C16H19NO4S/c1-10-3-5-13(6-4-10)22(20,21)17-12(9-18)8-14-11(2)7-15(19)16(14)17/h3-6,11-12,18H,7-9H2,1-2H3/t11-,12+/m1/s1. The summed E-state index contributed by atoms with van der Waals surface area (Å²) < 4.78 is 27.0. The van der Waals surface area contributed by atoms with Crippen LogP contribution in [0.1, 0.15) is 25.3 Å². The molecule has 1 heterocycles. The number of rotatable bonds is 3. The van der Waals surface area contributed by atoms with E-state index < -0.39 is 16.1 Å². The highest BCUT2D eigenvalue weighted by Crippen LogP contribution is 2.43. The molecule has 0 fully saturated rings. The SMILES string of the molecule is Cc1ccc(S(=O)(=O)N2C3=C(C[C@H]2CO)[C@H](C)CC3=O)cc1. The predicted octanol–water partition coefficient (Wildman–Crippen LogP) is 1.61. The number of benzene rings is 1. The summed E-state index contributed by atoms with van der Waals surface area (Å²) in [5, 5.41) is 9.57. The number of Topliss-reactive ketones (excluding diaryl/α,β-unsaturated/α-hetero) is 1. The molecular weight excluding hydrogens is 302 g/mol. The topological polar surface area (TPSA) is 74.7 Å². The van der Waals surface area contributed by atoms with Gasteiger partial charge in [-0.25, -0.2) is 8.42 Å². The van der Waals surface area contributed by atoms with Crippen molar-refractivity contribution in [3.63, 3.8) is 0 Å². The molecule has 0 saturated heterocycles. The van der Waals surface area contributed by atoms with E-state index in [0.29, 0.717) is 12.8 Å². The number of aryl methyl sites for hydroxylation is 1. The monoisotopic (exact) mass is 321 g/mol. The van der Waals surface area contributed by atoms with Crippen LogP contribution in [0.4, 0.5) is 0 Å². The minimum Gasteiger partial charge on any atom is -0.394 e. The Morgan fingerprint density at radius 3 is 2.45 bits per heavy atom. The maximum atomic E-state index is 12.9. The van der Waals surface area contributed by atoms with Crippen LogP contribution >= 0.6 is 0 Å². The van der Waals surface area contributed by atoms with Crippen LogP contribution in [0.5, 0.6) is 0 Å². The lowest BCUT2D eigenvalue weighted by Crippen LogP contribution is -2.40. The van der Waals surface area contributed by atoms with Gasteiger partial charge < -0.3 is 5.11 Å². The third-order valence-electron chi connectivity index (χ3n) is 4.45. The molecule has 0 radical (unpaired) electrons. The van der Waals surface area contributed by atoms with Crippen LogP contribution < -0.4 is 0 Å². The van der Waals surface area contributed by atoms with E-state index in [9.17, 15) is 18.3 Å². The Kier molecular flexibility index (Phi) is 3.61. The van der Waals surface area contributed by atoms with Gasteiger partial charge in [-0.2, -0.15) is 0 Å². The number of hydrogen-bond donors (Lipinski definition) is 1. The maximum Gasteiger partial charge on any atom is 0.264 e. The average molecular weight is 321 g/mol. The molecule has 1 N–H and O–H groups in total. The van der Waals surface area contributed by atoms with Gasteiger partial charge in [0, 0.05) is 6.42 Å². The van der Waals surface area contributed by atoms with Gasteiger partial charge in [0.15, 0.2) is 5.78 Å². The van der Waals surface area contributed by atoms with Crippen LogP contribution in [-0.2, 0) is 14.8 Å². The largest absolute Gasteiger partial charge is 0.394 e. The molecule has 1 aromatic rings. The van der Waals surface area contributed by atoms with E-state index in [1.807, 2.05) is 13.8 Å². The second-order valence-electron chi connectivity index (χ2n) is 6.06. The molecule has 1 aromatic carbocycles. The first kappa shape index (κ1) is 15.2. The zero-order chi connectivity index (χ0) is 16.1. The molecular formula is C16H19NO4S. The first-order chi connectivity index (χ1) is 10.4. The van der Waals surface area contributed by atoms with Crippen LogP contribution in [-0.4, -0.2) is 36.3 Å². The van der Waals surface area contributed by atoms with Crippen molar-refractivity contribution >= 4 is 15.8 Å². The molecule has 0 bridgehead atoms. The van der Waals surface area contributed by atoms with Gasteiger partial charge in [-0.15, -0.1) is 0 Å². The van der Waals surface area contributed by atoms with Crippen molar-refractivity contribution < 1.29 is 18.3 Å². The number of allylic oxidation sites excluding steroid dienone is 1. The summed E-state index contributed by atoms with van der Waals surface area (Å²) in [5.41, 5.74) is 2.11. The van der Waals surface area contributed by atoms with Crippen LogP contribution in [0, 0.1) is 12.8 Å². The van der Waals surface area contributed by atoms with Gasteiger partial charge in [0.05, 0.1) is 23.2 Å². The quantitative estimate of drug-likeness (QED) is 0.918. The van der Waals surface area contributed by atoms with E-state index in [0.717, 1.165) is 15.4 Å². The summed E-state index contributed by atoms with van der Waals surface area (Å²) in [5.74, 6) is -0.0936. The van der Waals surface area contributed by atoms with Crippen molar-refractivity contribution in [2.24, 2.45) is 5.92 Å². The molecule has 0 spiro atoms. The van der Waals surface area contributed by atoms with Gasteiger partial charge in [-0.3, -0.25) is 9.10 Å². The van der Waals surface area contributed by atoms with Crippen molar-refractivity contribution in [3.05, 3.63) is 41.1 Å². The van der Waals surface area contributed by atoms with Crippen LogP contribution in [0.25, 0.3) is 0 Å². The summed E-state index contributed by atoms with van der Waals surface area (Å²) in [6.07, 6.45) is 0.784. The van der Waals surface area contributed by atoms with Crippen molar-refractivity contribution in [2.45, 2.75) is 37.6 Å². The number of nitrogens with zero attached hydrogens (tertiary/aromatic N) is 1. The van der Waals surface area contributed by atoms with E-state index >= 15 is 0 Å². The number of carbonyl (C=O) groups excluding carboxylic acids is 1. The lowest BCUT2D eigenvalue weighted by molar-refractivity contribution is -0.116. The van der Waals surface area contributed by atoms with Crippen LogP contribution in [0.2, 0.25) is 0 Å². The van der Waals surface area contributed by atoms with Gasteiger partial charge in [0.1, 0.15) is 0 Å². The van der Waals surface area contributed by atoms with Gasteiger partial charge in [-0.05, 0) is 37.0 Å². The van der Waals surface area contributed by atoms with Crippen molar-refractivity contribution in [2.75, 3.05) is 6.61 Å². The minimum atomic E-state index is -3.83. The second-order valence-corrected chi connectivity index (χ2v) is 7.87. The Balaban J connectivity index is 2.09. The number of hydrogen-bond acceptors (Lipinski definition) is 4. The number of aliphatic hydroxyl groups is 1. The second kappa shape index (κ2) is 5.21. The zero-order valence-corrected chi connectivity index (χ0v) is 13.4. The molecule has 0 amide bonds. The fourth-order valence-corrected chi connectivity index (χ4v) is 4.97. The minimum absolute atomic E-state index is 0.0507. The van der Waals surface area contributed by atoms with Crippen LogP contribution in [0.15, 0.2) is 40.4 Å². The van der Waals surface area contributed by atoms with Gasteiger partial charge in [0.25, 0.3) is 10.0 Å². The first-order valence-electron chi connectivity index (χ1n) is 7.34. The Bertz CT molecular complexity index is 749. The number of aliphatic hydroxyl groups excluding tert-OH is 1. The molecule has 1 aliphatic heterocycles. The van der Waals surface area contributed by atoms with Gasteiger partial charge in [-0.1, -0.05) is 24.6 Å². The molecule has 3 rings (SSSR count). The summed E-state index contributed by atoms with van der Waals surface area (Å²) in [7, 11) is -3.83. The molecule has 22 heavy (non-hydrogen) atoms. The number of sulfonamides is 1. The Morgan fingerprint density at radius 1 is 1.23 bits per heavy atom. The lowest BCUT2D eigenvalue weighted by Gasteiger charge is -2.27. The Labute approximate surface area is 130 Å². The summed E-state index contributed by atoms with van der Waals surface area (Å²) in [4.78, 5) is 12.4. The fraction of sp³-hybridized carbons (Fsp3) is 0.438. The zero-order valence-electron chi connectivity index (χ0n) is 12.6. The number of ketones is 1. The molecule has 0 unspecified atom stereocenters. The van der Waals surface area contributed by atoms with E-state index in [4.69, 9.17) is 0 Å².